The summed E-state index contributed by atoms with van der Waals surface area (Å²) in [6.07, 6.45) is 1.65. The van der Waals surface area contributed by atoms with Crippen LogP contribution in [0.2, 0.25) is 5.02 Å². The van der Waals surface area contributed by atoms with E-state index in [1.807, 2.05) is 62.4 Å². The van der Waals surface area contributed by atoms with Gasteiger partial charge in [0.1, 0.15) is 16.8 Å². The molecule has 8 heteroatoms. The average Bonchev–Trinajstić information content (AvgIpc) is 3.38. The van der Waals surface area contributed by atoms with Crippen molar-refractivity contribution < 1.29 is 13.9 Å². The first-order chi connectivity index (χ1) is 15.8. The monoisotopic (exact) mass is 460 g/mol. The van der Waals surface area contributed by atoms with Crippen molar-refractivity contribution in [3.63, 3.8) is 0 Å². The quantitative estimate of drug-likeness (QED) is 0.326. The molecule has 3 aromatic heterocycles. The van der Waals surface area contributed by atoms with Crippen LogP contribution >= 0.6 is 11.6 Å². The summed E-state index contributed by atoms with van der Waals surface area (Å²) in [4.78, 5) is 23.7. The lowest BCUT2D eigenvalue weighted by Crippen LogP contribution is -2.39. The fourth-order valence-electron chi connectivity index (χ4n) is 3.82. The maximum Gasteiger partial charge on any atom is 0.301 e. The summed E-state index contributed by atoms with van der Waals surface area (Å²) in [7, 11) is 0. The molecule has 0 saturated carbocycles. The number of ether oxygens (including phenoxy) is 1. The van der Waals surface area contributed by atoms with Crippen LogP contribution in [0.15, 0.2) is 65.3 Å². The molecule has 0 aliphatic rings. The number of hydrogen-bond donors (Lipinski definition) is 2. The molecule has 1 amide bonds. The summed E-state index contributed by atoms with van der Waals surface area (Å²) in [5, 5.41) is 4.40. The number of fused-ring (bicyclic) bond motifs is 2. The zero-order valence-electron chi connectivity index (χ0n) is 18.3. The van der Waals surface area contributed by atoms with E-state index in [4.69, 9.17) is 20.8 Å². The minimum atomic E-state index is -0.486. The van der Waals surface area contributed by atoms with Gasteiger partial charge < -0.3 is 14.5 Å². The van der Waals surface area contributed by atoms with Gasteiger partial charge in [-0.15, -0.1) is 0 Å². The molecule has 33 heavy (non-hydrogen) atoms. The van der Waals surface area contributed by atoms with Gasteiger partial charge in [-0.2, -0.15) is 4.98 Å². The molecule has 2 aromatic carbocycles. The van der Waals surface area contributed by atoms with Crippen LogP contribution < -0.4 is 10.1 Å². The number of carbonyl (C=O) groups is 1. The number of carbonyl (C=O) groups excluding carboxylic acids is 1. The van der Waals surface area contributed by atoms with Crippen LogP contribution in [0.5, 0.6) is 11.8 Å². The first-order valence-electron chi connectivity index (χ1n) is 10.4. The van der Waals surface area contributed by atoms with E-state index >= 15 is 0 Å². The van der Waals surface area contributed by atoms with Gasteiger partial charge in [0.15, 0.2) is 5.65 Å². The smallest absolute Gasteiger partial charge is 0.301 e. The number of benzene rings is 2. The lowest BCUT2D eigenvalue weighted by molar-refractivity contribution is -0.120. The van der Waals surface area contributed by atoms with E-state index in [1.54, 1.807) is 12.3 Å². The van der Waals surface area contributed by atoms with Gasteiger partial charge in [-0.1, -0.05) is 23.7 Å². The molecule has 7 nitrogen and oxygen atoms in total. The lowest BCUT2D eigenvalue weighted by Gasteiger charge is -2.26. The van der Waals surface area contributed by atoms with Crippen LogP contribution in [0.25, 0.3) is 33.4 Å². The third kappa shape index (κ3) is 4.15. The van der Waals surface area contributed by atoms with Gasteiger partial charge in [0.2, 0.25) is 5.91 Å². The Balaban J connectivity index is 1.41. The van der Waals surface area contributed by atoms with Gasteiger partial charge in [0.25, 0.3) is 0 Å². The summed E-state index contributed by atoms with van der Waals surface area (Å²) in [5.41, 5.74) is 3.98. The summed E-state index contributed by atoms with van der Waals surface area (Å²) in [6, 6.07) is 17.3. The summed E-state index contributed by atoms with van der Waals surface area (Å²) < 4.78 is 11.3. The maximum absolute atomic E-state index is 11.4. The number of nitrogens with one attached hydrogen (secondary N) is 2. The van der Waals surface area contributed by atoms with E-state index < -0.39 is 5.54 Å². The lowest BCUT2D eigenvalue weighted by atomic mass is 9.94. The fraction of sp³-hybridized carbons (Fsp3) is 0.160. The van der Waals surface area contributed by atoms with Crippen molar-refractivity contribution in [2.75, 3.05) is 0 Å². The fourth-order valence-corrected chi connectivity index (χ4v) is 4.08. The number of furan rings is 1. The highest BCUT2D eigenvalue weighted by molar-refractivity contribution is 6.33. The van der Waals surface area contributed by atoms with E-state index in [-0.39, 0.29) is 5.91 Å². The minimum absolute atomic E-state index is 0.0854. The van der Waals surface area contributed by atoms with Crippen LogP contribution in [0.1, 0.15) is 26.3 Å². The molecule has 2 N–H and O–H groups in total. The molecule has 0 aliphatic carbocycles. The Labute approximate surface area is 194 Å². The Morgan fingerprint density at radius 1 is 1.09 bits per heavy atom. The van der Waals surface area contributed by atoms with Gasteiger partial charge in [-0.25, -0.2) is 4.98 Å². The number of aromatic amines is 1. The standard InChI is InChI=1S/C25H21ClN4O3/c1-14(31)30-25(2,3)17-5-7-18(8-6-17)33-24-27-20-13-19(26)22(28-23(20)29-24)16-4-9-21-15(12-16)10-11-32-21/h4-13H,1-3H3,(H,30,31)(H,27,28,29). The number of aromatic nitrogens is 3. The van der Waals surface area contributed by atoms with E-state index in [0.29, 0.717) is 33.6 Å². The van der Waals surface area contributed by atoms with Crippen molar-refractivity contribution in [1.82, 2.24) is 20.3 Å². The third-order valence-electron chi connectivity index (χ3n) is 5.41. The highest BCUT2D eigenvalue weighted by atomic mass is 35.5. The number of H-pyrrole nitrogens is 1. The Hall–Kier alpha value is -3.84. The molecule has 0 aliphatic heterocycles. The first kappa shape index (κ1) is 21.0. The molecule has 0 atom stereocenters. The predicted molar refractivity (Wildman–Crippen MR) is 127 cm³/mol. The second kappa shape index (κ2) is 7.94. The Kier molecular flexibility index (Phi) is 5.06. The summed E-state index contributed by atoms with van der Waals surface area (Å²) >= 11 is 6.52. The first-order valence-corrected chi connectivity index (χ1v) is 10.8. The Bertz CT molecular complexity index is 1490. The van der Waals surface area contributed by atoms with Crippen LogP contribution in [-0.2, 0) is 10.3 Å². The number of halogens is 1. The van der Waals surface area contributed by atoms with E-state index in [0.717, 1.165) is 22.1 Å². The van der Waals surface area contributed by atoms with E-state index in [1.165, 1.54) is 6.92 Å². The van der Waals surface area contributed by atoms with Crippen LogP contribution in [0.4, 0.5) is 0 Å². The Morgan fingerprint density at radius 2 is 1.88 bits per heavy atom. The maximum atomic E-state index is 11.4. The molecule has 3 heterocycles. The molecule has 0 fully saturated rings. The molecule has 0 bridgehead atoms. The van der Waals surface area contributed by atoms with E-state index in [2.05, 4.69) is 20.3 Å². The number of nitrogens with zero attached hydrogens (tertiary/aromatic N) is 2. The second-order valence-corrected chi connectivity index (χ2v) is 8.74. The molecule has 0 unspecified atom stereocenters. The molecular formula is C25H21ClN4O3. The number of imidazole rings is 1. The molecule has 0 radical (unpaired) electrons. The van der Waals surface area contributed by atoms with Gasteiger partial charge in [0, 0.05) is 17.9 Å². The van der Waals surface area contributed by atoms with Crippen molar-refractivity contribution in [1.29, 1.82) is 0 Å². The van der Waals surface area contributed by atoms with Crippen LogP contribution in [0.3, 0.4) is 0 Å². The number of amides is 1. The van der Waals surface area contributed by atoms with E-state index in [9.17, 15) is 4.79 Å². The zero-order valence-corrected chi connectivity index (χ0v) is 19.0. The molecular weight excluding hydrogens is 440 g/mol. The predicted octanol–water partition coefficient (Wildman–Crippen LogP) is 6.19. The zero-order chi connectivity index (χ0) is 23.2. The number of pyridine rings is 1. The van der Waals surface area contributed by atoms with Gasteiger partial charge >= 0.3 is 6.01 Å². The number of rotatable bonds is 5. The second-order valence-electron chi connectivity index (χ2n) is 8.33. The summed E-state index contributed by atoms with van der Waals surface area (Å²) in [6.45, 7) is 5.39. The van der Waals surface area contributed by atoms with Crippen molar-refractivity contribution in [3.05, 3.63) is 71.4 Å². The Morgan fingerprint density at radius 3 is 2.64 bits per heavy atom. The largest absolute Gasteiger partial charge is 0.464 e. The molecule has 166 valence electrons. The van der Waals surface area contributed by atoms with Gasteiger partial charge in [-0.05, 0) is 61.9 Å². The van der Waals surface area contributed by atoms with Crippen LogP contribution in [-0.4, -0.2) is 20.9 Å². The number of hydrogen-bond acceptors (Lipinski definition) is 5. The van der Waals surface area contributed by atoms with Crippen molar-refractivity contribution >= 4 is 39.6 Å². The highest BCUT2D eigenvalue weighted by Gasteiger charge is 2.21. The van der Waals surface area contributed by atoms with Gasteiger partial charge in [0.05, 0.1) is 22.5 Å². The molecule has 0 saturated heterocycles. The SMILES string of the molecule is CC(=O)NC(C)(C)c1ccc(Oc2nc3cc(Cl)c(-c4ccc5occc5c4)nc3[nH]2)cc1. The summed E-state index contributed by atoms with van der Waals surface area (Å²) in [5.74, 6) is 0.519. The van der Waals surface area contributed by atoms with Crippen molar-refractivity contribution in [2.24, 2.45) is 0 Å². The molecule has 5 aromatic rings. The normalized spacial score (nSPS) is 11.8. The highest BCUT2D eigenvalue weighted by Crippen LogP contribution is 2.32. The molecule has 0 spiro atoms. The van der Waals surface area contributed by atoms with Crippen LogP contribution in [0, 0.1) is 0 Å². The van der Waals surface area contributed by atoms with Crippen molar-refractivity contribution in [2.45, 2.75) is 26.3 Å². The van der Waals surface area contributed by atoms with Crippen molar-refractivity contribution in [3.8, 4) is 23.0 Å². The topological polar surface area (TPSA) is 93.0 Å². The molecule has 5 rings (SSSR count). The average molecular weight is 461 g/mol. The van der Waals surface area contributed by atoms with Gasteiger partial charge in [-0.3, -0.25) is 9.78 Å². The minimum Gasteiger partial charge on any atom is -0.464 e. The third-order valence-corrected chi connectivity index (χ3v) is 5.70.